The summed E-state index contributed by atoms with van der Waals surface area (Å²) < 4.78 is 104. The Bertz CT molecular complexity index is 3150. The fourth-order valence-electron chi connectivity index (χ4n) is 7.38. The second-order valence-corrected chi connectivity index (χ2v) is 19.8. The number of phosphoric acid groups is 2. The third-order valence-corrected chi connectivity index (χ3v) is 11.9. The molecule has 2 aromatic carbocycles. The normalized spacial score (nSPS) is 13.9. The van der Waals surface area contributed by atoms with Crippen molar-refractivity contribution >= 4 is 85.6 Å². The summed E-state index contributed by atoms with van der Waals surface area (Å²) in [5.74, 6) is -1.10. The van der Waals surface area contributed by atoms with E-state index in [9.17, 15) is 27.5 Å². The fraction of sp³-hybridized carbons (Fsp3) is 0.304. The number of anilines is 10. The van der Waals surface area contributed by atoms with E-state index >= 15 is 0 Å². The largest absolute Gasteiger partial charge is 1.00 e. The molecule has 4 aromatic heterocycles. The van der Waals surface area contributed by atoms with Crippen LogP contribution < -0.4 is 98.5 Å². The SMILES string of the molecule is COc1cc(Nc2ncc(F)c(Nc3ccc4c(n3)N(COP(=O)(O)O)C(=O)C(C)(C)O4)n2)cc(OC)c1OC.COc1cc(Nc2ncc(F)c(Nc3ccc4c(n3)N(COP(=O)(O)O)C(=O)C(C)(C)O4)n2)cc(OC)c1OC.[Na+].[OH-]. The quantitative estimate of drug-likeness (QED) is 0.0402. The van der Waals surface area contributed by atoms with Crippen LogP contribution in [0.3, 0.4) is 0 Å². The van der Waals surface area contributed by atoms with E-state index < -0.39 is 63.8 Å². The Labute approximate surface area is 487 Å². The molecule has 9 N–H and O–H groups in total. The number of carbonyl (C=O) groups is 2. The van der Waals surface area contributed by atoms with Crippen LogP contribution in [0.25, 0.3) is 0 Å². The number of methoxy groups -OCH3 is 6. The molecule has 6 heterocycles. The number of hydrogen-bond donors (Lipinski definition) is 8. The number of aromatic nitrogens is 6. The number of ether oxygens (including phenoxy) is 8. The minimum Gasteiger partial charge on any atom is -0.870 e. The first kappa shape index (κ1) is 65.3. The van der Waals surface area contributed by atoms with Crippen LogP contribution in [0.4, 0.5) is 67.0 Å². The summed E-state index contributed by atoms with van der Waals surface area (Å²) in [6.07, 6.45) is 1.87. The van der Waals surface area contributed by atoms with Gasteiger partial charge in [-0.1, -0.05) is 0 Å². The molecule has 31 nitrogen and oxygen atoms in total. The monoisotopic (exact) mass is 1200 g/mol. The van der Waals surface area contributed by atoms with Gasteiger partial charge in [0.2, 0.25) is 23.4 Å². The summed E-state index contributed by atoms with van der Waals surface area (Å²) in [5.41, 5.74) is -1.82. The fourth-order valence-corrected chi connectivity index (χ4v) is 7.91. The van der Waals surface area contributed by atoms with Crippen molar-refractivity contribution in [1.82, 2.24) is 29.9 Å². The molecule has 0 bridgehead atoms. The van der Waals surface area contributed by atoms with Crippen LogP contribution in [0.1, 0.15) is 27.7 Å². The number of pyridine rings is 2. The number of benzene rings is 2. The molecule has 2 aliphatic rings. The molecule has 0 spiro atoms. The number of hydrogen-bond acceptors (Lipinski definition) is 25. The first-order valence-electron chi connectivity index (χ1n) is 22.9. The van der Waals surface area contributed by atoms with Crippen molar-refractivity contribution in [1.29, 1.82) is 0 Å². The maximum Gasteiger partial charge on any atom is 1.00 e. The van der Waals surface area contributed by atoms with Gasteiger partial charge in [-0.3, -0.25) is 28.4 Å². The number of carbonyl (C=O) groups excluding carboxylic acids is 2. The molecule has 36 heteroatoms. The van der Waals surface area contributed by atoms with Crippen molar-refractivity contribution in [2.45, 2.75) is 38.9 Å². The first-order chi connectivity index (χ1) is 37.7. The van der Waals surface area contributed by atoms with Crippen molar-refractivity contribution in [3.63, 3.8) is 0 Å². The van der Waals surface area contributed by atoms with E-state index in [1.165, 1.54) is 94.6 Å². The molecule has 2 aliphatic heterocycles. The van der Waals surface area contributed by atoms with E-state index in [4.69, 9.17) is 57.5 Å². The summed E-state index contributed by atoms with van der Waals surface area (Å²) in [4.78, 5) is 88.8. The van der Waals surface area contributed by atoms with Crippen molar-refractivity contribution in [3.8, 4) is 46.0 Å². The Morgan fingerprint density at radius 1 is 0.549 bits per heavy atom. The molecule has 0 saturated carbocycles. The zero-order valence-corrected chi connectivity index (χ0v) is 49.2. The minimum absolute atomic E-state index is 0. The molecular weight excluding hydrogens is 1150 g/mol. The molecule has 0 saturated heterocycles. The zero-order valence-electron chi connectivity index (χ0n) is 45.4. The maximum atomic E-state index is 14.7. The van der Waals surface area contributed by atoms with E-state index in [2.05, 4.69) is 60.2 Å². The Kier molecular flexibility index (Phi) is 21.2. The smallest absolute Gasteiger partial charge is 0.870 e. The summed E-state index contributed by atoms with van der Waals surface area (Å²) in [7, 11) is -1.04. The molecule has 82 heavy (non-hydrogen) atoms. The van der Waals surface area contributed by atoms with Gasteiger partial charge in [-0.2, -0.15) is 9.97 Å². The molecule has 8 rings (SSSR count). The minimum atomic E-state index is -4.91. The van der Waals surface area contributed by atoms with Crippen molar-refractivity contribution in [2.75, 3.05) is 87.2 Å². The second-order valence-electron chi connectivity index (χ2n) is 17.3. The van der Waals surface area contributed by atoms with E-state index in [0.717, 1.165) is 22.2 Å². The number of rotatable bonds is 20. The van der Waals surface area contributed by atoms with Gasteiger partial charge in [0.25, 0.3) is 11.8 Å². The summed E-state index contributed by atoms with van der Waals surface area (Å²) in [5, 5.41) is 11.3. The summed E-state index contributed by atoms with van der Waals surface area (Å²) >= 11 is 0. The van der Waals surface area contributed by atoms with Gasteiger partial charge < -0.3 is 84.2 Å². The Morgan fingerprint density at radius 2 is 0.878 bits per heavy atom. The number of fused-ring (bicyclic) bond motifs is 2. The third-order valence-electron chi connectivity index (χ3n) is 11.0. The molecule has 6 aromatic rings. The number of nitrogens with one attached hydrogen (secondary N) is 4. The van der Waals surface area contributed by atoms with Crippen molar-refractivity contribution < 1.29 is 129 Å². The molecule has 2 amide bonds. The number of amides is 2. The van der Waals surface area contributed by atoms with Gasteiger partial charge in [0.05, 0.1) is 55.1 Å². The van der Waals surface area contributed by atoms with Crippen LogP contribution in [0.5, 0.6) is 46.0 Å². The van der Waals surface area contributed by atoms with Gasteiger partial charge in [-0.15, -0.1) is 0 Å². The predicted molar refractivity (Wildman–Crippen MR) is 280 cm³/mol. The second kappa shape index (κ2) is 26.6. The number of halogens is 2. The average Bonchev–Trinajstić information content (AvgIpc) is 3.40. The van der Waals surface area contributed by atoms with Crippen LogP contribution in [0, 0.1) is 11.6 Å². The van der Waals surface area contributed by atoms with Gasteiger partial charge >= 0.3 is 45.2 Å². The van der Waals surface area contributed by atoms with E-state index in [-0.39, 0.29) is 93.3 Å². The maximum absolute atomic E-state index is 14.7. The van der Waals surface area contributed by atoms with Gasteiger partial charge in [0.15, 0.2) is 80.6 Å². The van der Waals surface area contributed by atoms with Gasteiger partial charge in [-0.05, 0) is 52.0 Å². The zero-order chi connectivity index (χ0) is 58.5. The van der Waals surface area contributed by atoms with Crippen LogP contribution in [-0.4, -0.2) is 134 Å². The number of phosphoric ester groups is 2. The van der Waals surface area contributed by atoms with Crippen LogP contribution in [-0.2, 0) is 27.8 Å². The van der Waals surface area contributed by atoms with Gasteiger partial charge in [-0.25, -0.2) is 37.8 Å². The Hall–Kier alpha value is -7.52. The molecule has 0 fully saturated rings. The van der Waals surface area contributed by atoms with Gasteiger partial charge in [0.1, 0.15) is 25.1 Å². The third kappa shape index (κ3) is 15.5. The number of nitrogens with zero attached hydrogens (tertiary/aromatic N) is 8. The molecule has 0 atom stereocenters. The van der Waals surface area contributed by atoms with E-state index in [1.807, 2.05) is 0 Å². The standard InChI is InChI=1S/2C23H26FN6O9P.Na.H2O/c2*1-23(2)21(31)30(11-38-40(32,33)34)20-14(39-23)6-7-17(28-20)27-19-13(24)10-25-22(29-19)26-12-8-15(35-3)18(37-5)16(9-12)36-4;;/h2*6-10H,11H2,1-5H3,(H2,32,33,34)(H2,25,26,27,28,29);;1H2/q;;+1;/p-1. The molecule has 436 valence electrons. The topological polar surface area (TPSA) is 403 Å². The molecular formula is C46H53F2N12NaO19P2. The van der Waals surface area contributed by atoms with Gasteiger partial charge in [0, 0.05) is 35.6 Å². The molecule has 0 radical (unpaired) electrons. The summed E-state index contributed by atoms with van der Waals surface area (Å²) in [6.45, 7) is 4.32. The van der Waals surface area contributed by atoms with Crippen LogP contribution >= 0.6 is 15.6 Å². The molecule has 0 unspecified atom stereocenters. The van der Waals surface area contributed by atoms with Crippen molar-refractivity contribution in [3.05, 3.63) is 72.6 Å². The molecule has 0 aliphatic carbocycles. The van der Waals surface area contributed by atoms with Crippen LogP contribution in [0.15, 0.2) is 60.9 Å². The Balaban J connectivity index is 0.000000293. The van der Waals surface area contributed by atoms with E-state index in [1.54, 1.807) is 24.3 Å². The van der Waals surface area contributed by atoms with E-state index in [0.29, 0.717) is 45.9 Å². The summed E-state index contributed by atoms with van der Waals surface area (Å²) in [6, 6.07) is 12.2. The van der Waals surface area contributed by atoms with Crippen LogP contribution in [0.2, 0.25) is 0 Å². The Morgan fingerprint density at radius 3 is 1.17 bits per heavy atom. The predicted octanol–water partition coefficient (Wildman–Crippen LogP) is 3.02. The first-order valence-corrected chi connectivity index (χ1v) is 25.9. The van der Waals surface area contributed by atoms with Crippen molar-refractivity contribution in [2.24, 2.45) is 0 Å². The average molecular weight is 1200 g/mol.